The largest absolute Gasteiger partial charge is 0.349 e. The highest BCUT2D eigenvalue weighted by Crippen LogP contribution is 2.35. The van der Waals surface area contributed by atoms with Gasteiger partial charge in [0.15, 0.2) is 5.57 Å². The van der Waals surface area contributed by atoms with Crippen LogP contribution >= 0.6 is 11.8 Å². The van der Waals surface area contributed by atoms with Crippen LogP contribution in [-0.2, 0) is 9.59 Å². The second kappa shape index (κ2) is 11.0. The van der Waals surface area contributed by atoms with E-state index in [0.29, 0.717) is 11.4 Å². The number of rotatable bonds is 7. The smallest absolute Gasteiger partial charge is 0.247 e. The second-order valence-electron chi connectivity index (χ2n) is 7.63. The summed E-state index contributed by atoms with van der Waals surface area (Å²) in [5.74, 6) is -0.704. The number of nitrogens with one attached hydrogen (secondary N) is 1. The van der Waals surface area contributed by atoms with Crippen LogP contribution < -0.4 is 10.2 Å². The van der Waals surface area contributed by atoms with E-state index in [0.717, 1.165) is 22.9 Å². The highest BCUT2D eigenvalue weighted by atomic mass is 32.2. The van der Waals surface area contributed by atoms with Crippen molar-refractivity contribution in [3.8, 4) is 12.1 Å². The number of allylic oxidation sites excluding steroid dienone is 1. The van der Waals surface area contributed by atoms with Crippen molar-refractivity contribution in [3.05, 3.63) is 107 Å². The average Bonchev–Trinajstić information content (AvgIpc) is 3.17. The maximum Gasteiger partial charge on any atom is 0.247 e. The SMILES string of the molecule is N#CC(C#N)=C(Nc1ccccc1)SC1CC(=O)N(c2ccc(C=Cc3ccccc3)cc2)C1=O. The highest BCUT2D eigenvalue weighted by Gasteiger charge is 2.41. The van der Waals surface area contributed by atoms with E-state index in [1.807, 2.05) is 85.0 Å². The first-order valence-electron chi connectivity index (χ1n) is 10.8. The Morgan fingerprint density at radius 1 is 0.857 bits per heavy atom. The van der Waals surface area contributed by atoms with Gasteiger partial charge in [0.25, 0.3) is 0 Å². The minimum atomic E-state index is -0.747. The molecule has 1 saturated heterocycles. The second-order valence-corrected chi connectivity index (χ2v) is 8.85. The fraction of sp³-hybridized carbons (Fsp3) is 0.0714. The molecular formula is C28H20N4O2S. The summed E-state index contributed by atoms with van der Waals surface area (Å²) in [6, 6.07) is 29.8. The molecule has 1 aliphatic rings. The van der Waals surface area contributed by atoms with E-state index in [4.69, 9.17) is 0 Å². The van der Waals surface area contributed by atoms with Crippen LogP contribution in [0.2, 0.25) is 0 Å². The van der Waals surface area contributed by atoms with Gasteiger partial charge in [-0.05, 0) is 35.4 Å². The fourth-order valence-electron chi connectivity index (χ4n) is 3.53. The number of carbonyl (C=O) groups excluding carboxylic acids is 2. The quantitative estimate of drug-likeness (QED) is 0.271. The monoisotopic (exact) mass is 476 g/mol. The third kappa shape index (κ3) is 5.67. The number of anilines is 2. The normalized spacial score (nSPS) is 15.0. The van der Waals surface area contributed by atoms with Crippen molar-refractivity contribution >= 4 is 47.1 Å². The summed E-state index contributed by atoms with van der Waals surface area (Å²) in [5, 5.41) is 21.3. The maximum atomic E-state index is 13.2. The lowest BCUT2D eigenvalue weighted by molar-refractivity contribution is -0.121. The van der Waals surface area contributed by atoms with E-state index in [-0.39, 0.29) is 28.8 Å². The van der Waals surface area contributed by atoms with Crippen LogP contribution in [0.1, 0.15) is 17.5 Å². The number of hydrogen-bond acceptors (Lipinski definition) is 6. The Bertz CT molecular complexity index is 1350. The van der Waals surface area contributed by atoms with Gasteiger partial charge >= 0.3 is 0 Å². The van der Waals surface area contributed by atoms with Crippen LogP contribution in [0.5, 0.6) is 0 Å². The van der Waals surface area contributed by atoms with Crippen LogP contribution in [0.4, 0.5) is 11.4 Å². The Morgan fingerprint density at radius 3 is 2.03 bits per heavy atom. The Kier molecular flexibility index (Phi) is 7.42. The Morgan fingerprint density at radius 2 is 1.43 bits per heavy atom. The van der Waals surface area contributed by atoms with Crippen molar-refractivity contribution in [1.82, 2.24) is 0 Å². The number of nitriles is 2. The lowest BCUT2D eigenvalue weighted by Crippen LogP contribution is -2.31. The van der Waals surface area contributed by atoms with Gasteiger partial charge < -0.3 is 5.32 Å². The molecule has 0 aliphatic carbocycles. The zero-order chi connectivity index (χ0) is 24.6. The summed E-state index contributed by atoms with van der Waals surface area (Å²) >= 11 is 1.02. The first-order valence-corrected chi connectivity index (χ1v) is 11.7. The van der Waals surface area contributed by atoms with Gasteiger partial charge in [0.2, 0.25) is 11.8 Å². The van der Waals surface area contributed by atoms with E-state index < -0.39 is 5.25 Å². The van der Waals surface area contributed by atoms with E-state index in [9.17, 15) is 20.1 Å². The third-order valence-electron chi connectivity index (χ3n) is 5.27. The van der Waals surface area contributed by atoms with Crippen LogP contribution in [0, 0.1) is 22.7 Å². The topological polar surface area (TPSA) is 97.0 Å². The number of para-hydroxylation sites is 1. The molecule has 4 rings (SSSR count). The molecule has 1 atom stereocenters. The summed E-state index contributed by atoms with van der Waals surface area (Å²) in [6.45, 7) is 0. The molecule has 35 heavy (non-hydrogen) atoms. The molecule has 3 aromatic carbocycles. The molecule has 0 bridgehead atoms. The van der Waals surface area contributed by atoms with Crippen molar-refractivity contribution in [2.45, 2.75) is 11.7 Å². The van der Waals surface area contributed by atoms with Gasteiger partial charge in [0.05, 0.1) is 10.9 Å². The van der Waals surface area contributed by atoms with Crippen molar-refractivity contribution < 1.29 is 9.59 Å². The number of hydrogen-bond donors (Lipinski definition) is 1. The molecule has 7 heteroatoms. The summed E-state index contributed by atoms with van der Waals surface area (Å²) in [6.07, 6.45) is 3.93. The molecule has 0 saturated carbocycles. The van der Waals surface area contributed by atoms with Gasteiger partial charge in [-0.1, -0.05) is 84.6 Å². The molecule has 6 nitrogen and oxygen atoms in total. The van der Waals surface area contributed by atoms with Gasteiger partial charge in [-0.3, -0.25) is 9.59 Å². The lowest BCUT2D eigenvalue weighted by Gasteiger charge is -2.16. The zero-order valence-electron chi connectivity index (χ0n) is 18.6. The van der Waals surface area contributed by atoms with Crippen molar-refractivity contribution in [2.24, 2.45) is 0 Å². The molecular weight excluding hydrogens is 456 g/mol. The molecule has 1 N–H and O–H groups in total. The van der Waals surface area contributed by atoms with Gasteiger partial charge in [-0.15, -0.1) is 0 Å². The first kappa shape index (κ1) is 23.6. The highest BCUT2D eigenvalue weighted by molar-refractivity contribution is 8.04. The standard InChI is InChI=1S/C28H20N4O2S/c29-18-22(19-30)27(31-23-9-5-2-6-10-23)35-25-17-26(33)32(28(25)34)24-15-13-21(14-16-24)12-11-20-7-3-1-4-8-20/h1-16,25,31H,17H2. The zero-order valence-corrected chi connectivity index (χ0v) is 19.4. The molecule has 170 valence electrons. The number of carbonyl (C=O) groups is 2. The molecule has 2 amide bonds. The number of imide groups is 1. The van der Waals surface area contributed by atoms with Crippen LogP contribution in [0.3, 0.4) is 0 Å². The third-order valence-corrected chi connectivity index (χ3v) is 6.46. The molecule has 0 spiro atoms. The van der Waals surface area contributed by atoms with Gasteiger partial charge in [-0.25, -0.2) is 4.90 Å². The van der Waals surface area contributed by atoms with Crippen molar-refractivity contribution in [1.29, 1.82) is 10.5 Å². The van der Waals surface area contributed by atoms with Crippen molar-refractivity contribution in [3.63, 3.8) is 0 Å². The molecule has 1 heterocycles. The van der Waals surface area contributed by atoms with Gasteiger partial charge in [0.1, 0.15) is 17.2 Å². The van der Waals surface area contributed by atoms with Crippen LogP contribution in [-0.4, -0.2) is 17.1 Å². The summed E-state index contributed by atoms with van der Waals surface area (Å²) in [7, 11) is 0. The van der Waals surface area contributed by atoms with E-state index >= 15 is 0 Å². The minimum Gasteiger partial charge on any atom is -0.349 e. The molecule has 3 aromatic rings. The minimum absolute atomic E-state index is 0.0245. The van der Waals surface area contributed by atoms with E-state index in [2.05, 4.69) is 5.32 Å². The van der Waals surface area contributed by atoms with E-state index in [1.165, 1.54) is 4.90 Å². The van der Waals surface area contributed by atoms with Gasteiger partial charge in [0, 0.05) is 12.1 Å². The predicted molar refractivity (Wildman–Crippen MR) is 139 cm³/mol. The van der Waals surface area contributed by atoms with Crippen LogP contribution in [0.15, 0.2) is 95.5 Å². The Labute approximate surface area is 207 Å². The number of thioether (sulfide) groups is 1. The maximum absolute atomic E-state index is 13.2. The van der Waals surface area contributed by atoms with E-state index in [1.54, 1.807) is 24.3 Å². The summed E-state index contributed by atoms with van der Waals surface area (Å²) in [5.41, 5.74) is 3.02. The van der Waals surface area contributed by atoms with Gasteiger partial charge in [-0.2, -0.15) is 10.5 Å². The lowest BCUT2D eigenvalue weighted by atomic mass is 10.1. The number of amides is 2. The first-order chi connectivity index (χ1) is 17.1. The summed E-state index contributed by atoms with van der Waals surface area (Å²) in [4.78, 5) is 27.1. The summed E-state index contributed by atoms with van der Waals surface area (Å²) < 4.78 is 0. The average molecular weight is 477 g/mol. The Balaban J connectivity index is 1.50. The molecule has 0 radical (unpaired) electrons. The molecule has 1 fully saturated rings. The predicted octanol–water partition coefficient (Wildman–Crippen LogP) is 5.59. The number of nitrogens with zero attached hydrogens (tertiary/aromatic N) is 3. The fourth-order valence-corrected chi connectivity index (χ4v) is 4.63. The Hall–Kier alpha value is -4.59. The molecule has 1 unspecified atom stereocenters. The molecule has 1 aliphatic heterocycles. The van der Waals surface area contributed by atoms with Crippen molar-refractivity contribution in [2.75, 3.05) is 10.2 Å². The van der Waals surface area contributed by atoms with Crippen LogP contribution in [0.25, 0.3) is 12.2 Å². The molecule has 0 aromatic heterocycles. The number of benzene rings is 3.